The number of aliphatic hydroxyl groups is 1. The Morgan fingerprint density at radius 2 is 1.53 bits per heavy atom. The second-order valence-corrected chi connectivity index (χ2v) is 10.8. The van der Waals surface area contributed by atoms with Crippen LogP contribution in [-0.2, 0) is 23.5 Å². The van der Waals surface area contributed by atoms with Crippen molar-refractivity contribution in [3.8, 4) is 0 Å². The molecule has 4 rings (SSSR count). The van der Waals surface area contributed by atoms with E-state index in [9.17, 15) is 36.2 Å². The molecule has 0 spiro atoms. The normalized spacial score (nSPS) is 20.3. The Morgan fingerprint density at radius 1 is 0.884 bits per heavy atom. The van der Waals surface area contributed by atoms with Crippen LogP contribution in [0.1, 0.15) is 38.2 Å². The lowest BCUT2D eigenvalue weighted by molar-refractivity contribution is -0.143. The summed E-state index contributed by atoms with van der Waals surface area (Å²) in [6.07, 6.45) is -9.69. The summed E-state index contributed by atoms with van der Waals surface area (Å²) in [5.41, 5.74) is -0.605. The number of hydrogen-bond donors (Lipinski definition) is 1. The first kappa shape index (κ1) is 37.1. The molecule has 1 N–H and O–H groups in total. The van der Waals surface area contributed by atoms with Crippen molar-refractivity contribution in [1.82, 2.24) is 14.7 Å². The molecule has 0 unspecified atom stereocenters. The van der Waals surface area contributed by atoms with Gasteiger partial charge in [0.2, 0.25) is 0 Å². The Balaban J connectivity index is 0.00000323. The summed E-state index contributed by atoms with van der Waals surface area (Å²) >= 11 is 0. The fourth-order valence-corrected chi connectivity index (χ4v) is 5.43. The second-order valence-electron chi connectivity index (χ2n) is 10.8. The first-order valence-corrected chi connectivity index (χ1v) is 13.6. The number of halogens is 8. The number of aryl methyl sites for hydroxylation is 2. The van der Waals surface area contributed by atoms with Gasteiger partial charge in [-0.25, -0.2) is 0 Å². The Bertz CT molecular complexity index is 1200. The van der Waals surface area contributed by atoms with Crippen molar-refractivity contribution in [2.24, 2.45) is 0 Å². The average Bonchev–Trinajstić information content (AvgIpc) is 2.92. The third kappa shape index (κ3) is 9.45. The highest BCUT2D eigenvalue weighted by Gasteiger charge is 2.39. The molecule has 43 heavy (non-hydrogen) atoms. The van der Waals surface area contributed by atoms with Gasteiger partial charge < -0.3 is 14.7 Å². The van der Waals surface area contributed by atoms with Gasteiger partial charge in [-0.05, 0) is 55.2 Å². The highest BCUT2D eigenvalue weighted by atomic mass is 35.5. The van der Waals surface area contributed by atoms with Crippen LogP contribution in [0.5, 0.6) is 0 Å². The number of benzene rings is 2. The van der Waals surface area contributed by atoms with Crippen LogP contribution in [0.3, 0.4) is 0 Å². The van der Waals surface area contributed by atoms with E-state index in [0.29, 0.717) is 64.5 Å². The van der Waals surface area contributed by atoms with Crippen LogP contribution in [0.25, 0.3) is 0 Å². The number of carbonyl (C=O) groups is 1. The van der Waals surface area contributed by atoms with Crippen molar-refractivity contribution in [2.75, 3.05) is 59.1 Å². The van der Waals surface area contributed by atoms with Crippen LogP contribution in [-0.4, -0.2) is 96.9 Å². The van der Waals surface area contributed by atoms with Gasteiger partial charge in [-0.15, -0.1) is 24.8 Å². The fraction of sp³-hybridized carbons (Fsp3) is 0.552. The zero-order valence-corrected chi connectivity index (χ0v) is 25.5. The summed E-state index contributed by atoms with van der Waals surface area (Å²) in [5, 5.41) is 9.67. The molecular weight excluding hydrogens is 623 g/mol. The molecule has 0 radical (unpaired) electrons. The minimum atomic E-state index is -5.04. The highest BCUT2D eigenvalue weighted by molar-refractivity contribution is 5.95. The lowest BCUT2D eigenvalue weighted by Gasteiger charge is -2.43. The minimum Gasteiger partial charge on any atom is -0.395 e. The zero-order valence-electron chi connectivity index (χ0n) is 23.9. The van der Waals surface area contributed by atoms with Crippen LogP contribution >= 0.6 is 24.8 Å². The van der Waals surface area contributed by atoms with Gasteiger partial charge in [-0.3, -0.25) is 14.6 Å². The molecule has 242 valence electrons. The molecule has 0 aliphatic carbocycles. The van der Waals surface area contributed by atoms with Gasteiger partial charge in [-0.1, -0.05) is 18.2 Å². The van der Waals surface area contributed by atoms with Gasteiger partial charge in [-0.2, -0.15) is 26.3 Å². The molecule has 2 heterocycles. The SMILES string of the molecule is Cc1ccc(C[C@@H]2CN(CCN3CCOC[C@@H]3CO)CCN2C(=O)c2cc(C(F)(F)F)cc(C(F)(F)F)c2)cc1C.Cl.Cl. The van der Waals surface area contributed by atoms with Gasteiger partial charge in [0.25, 0.3) is 5.91 Å². The van der Waals surface area contributed by atoms with E-state index in [1.807, 2.05) is 32.0 Å². The van der Waals surface area contributed by atoms with E-state index in [1.165, 1.54) is 4.90 Å². The molecular formula is C29H37Cl2F6N3O3. The van der Waals surface area contributed by atoms with Gasteiger partial charge in [0, 0.05) is 50.9 Å². The zero-order chi connectivity index (χ0) is 29.9. The number of aliphatic hydroxyl groups excluding tert-OH is 1. The topological polar surface area (TPSA) is 56.2 Å². The van der Waals surface area contributed by atoms with E-state index >= 15 is 0 Å². The standard InChI is InChI=1S/C29H35F6N3O3.2ClH/c1-19-3-4-21(11-20(19)2)12-25-16-36(5-7-37-9-10-41-18-26(37)17-39)6-8-38(25)27(40)22-13-23(28(30,31)32)15-24(14-22)29(33,34)35;;/h3-4,11,13-15,25-26,39H,5-10,12,16-18H2,1-2H3;2*1H/t25-,26+;;/m1../s1. The van der Waals surface area contributed by atoms with Crippen molar-refractivity contribution < 1.29 is 41.0 Å². The van der Waals surface area contributed by atoms with Crippen LogP contribution in [0.15, 0.2) is 36.4 Å². The summed E-state index contributed by atoms with van der Waals surface area (Å²) in [5.74, 6) is -0.858. The van der Waals surface area contributed by atoms with Crippen LogP contribution < -0.4 is 0 Å². The number of ether oxygens (including phenoxy) is 1. The molecule has 1 amide bonds. The van der Waals surface area contributed by atoms with Gasteiger partial charge >= 0.3 is 12.4 Å². The Hall–Kier alpha value is -2.09. The predicted octanol–water partition coefficient (Wildman–Crippen LogP) is 5.25. The molecule has 14 heteroatoms. The molecule has 2 fully saturated rings. The monoisotopic (exact) mass is 659 g/mol. The molecule has 0 aromatic heterocycles. The van der Waals surface area contributed by atoms with E-state index in [-0.39, 0.29) is 50.1 Å². The van der Waals surface area contributed by atoms with E-state index in [0.717, 1.165) is 16.7 Å². The summed E-state index contributed by atoms with van der Waals surface area (Å²) < 4.78 is 86.4. The number of morpholine rings is 1. The Morgan fingerprint density at radius 3 is 2.12 bits per heavy atom. The lowest BCUT2D eigenvalue weighted by atomic mass is 9.97. The molecule has 2 atom stereocenters. The summed E-state index contributed by atoms with van der Waals surface area (Å²) in [6, 6.07) is 6.33. The molecule has 2 saturated heterocycles. The number of amides is 1. The van der Waals surface area contributed by atoms with Crippen molar-refractivity contribution in [3.05, 3.63) is 69.8 Å². The quantitative estimate of drug-likeness (QED) is 0.412. The summed E-state index contributed by atoms with van der Waals surface area (Å²) in [6.45, 7) is 7.80. The van der Waals surface area contributed by atoms with Crippen LogP contribution in [0, 0.1) is 13.8 Å². The Kier molecular flexibility index (Phi) is 13.2. The molecule has 2 aliphatic rings. The molecule has 2 aromatic carbocycles. The third-order valence-corrected chi connectivity index (χ3v) is 7.97. The second kappa shape index (κ2) is 15.3. The average molecular weight is 661 g/mol. The van der Waals surface area contributed by atoms with Crippen molar-refractivity contribution in [3.63, 3.8) is 0 Å². The van der Waals surface area contributed by atoms with E-state index in [2.05, 4.69) is 9.80 Å². The molecule has 0 saturated carbocycles. The highest BCUT2D eigenvalue weighted by Crippen LogP contribution is 2.37. The first-order chi connectivity index (χ1) is 19.3. The Labute approximate surface area is 259 Å². The predicted molar refractivity (Wildman–Crippen MR) is 155 cm³/mol. The third-order valence-electron chi connectivity index (χ3n) is 7.97. The number of alkyl halides is 6. The van der Waals surface area contributed by atoms with Gasteiger partial charge in [0.05, 0.1) is 37.0 Å². The smallest absolute Gasteiger partial charge is 0.395 e. The van der Waals surface area contributed by atoms with Crippen LogP contribution in [0.4, 0.5) is 26.3 Å². The van der Waals surface area contributed by atoms with E-state index in [1.54, 1.807) is 0 Å². The lowest BCUT2D eigenvalue weighted by Crippen LogP contribution is -2.57. The summed E-state index contributed by atoms with van der Waals surface area (Å²) in [4.78, 5) is 19.3. The maximum Gasteiger partial charge on any atom is 0.416 e. The molecule has 6 nitrogen and oxygen atoms in total. The fourth-order valence-electron chi connectivity index (χ4n) is 5.43. The van der Waals surface area contributed by atoms with Gasteiger partial charge in [0.1, 0.15) is 0 Å². The van der Waals surface area contributed by atoms with Crippen LogP contribution in [0.2, 0.25) is 0 Å². The number of rotatable bonds is 7. The summed E-state index contributed by atoms with van der Waals surface area (Å²) in [7, 11) is 0. The largest absolute Gasteiger partial charge is 0.416 e. The minimum absolute atomic E-state index is 0. The van der Waals surface area contributed by atoms with Crippen molar-refractivity contribution in [2.45, 2.75) is 44.7 Å². The molecule has 2 aromatic rings. The molecule has 0 bridgehead atoms. The van der Waals surface area contributed by atoms with E-state index < -0.39 is 41.0 Å². The van der Waals surface area contributed by atoms with Crippen molar-refractivity contribution >= 4 is 30.7 Å². The number of piperazine rings is 1. The maximum absolute atomic E-state index is 13.6. The first-order valence-electron chi connectivity index (χ1n) is 13.6. The van der Waals surface area contributed by atoms with E-state index in [4.69, 9.17) is 4.74 Å². The van der Waals surface area contributed by atoms with Gasteiger partial charge in [0.15, 0.2) is 0 Å². The number of hydrogen-bond acceptors (Lipinski definition) is 5. The number of nitrogens with zero attached hydrogens (tertiary/aromatic N) is 3. The molecule has 2 aliphatic heterocycles. The number of carbonyl (C=O) groups excluding carboxylic acids is 1. The maximum atomic E-state index is 13.6. The van der Waals surface area contributed by atoms with Crippen molar-refractivity contribution in [1.29, 1.82) is 0 Å².